The van der Waals surface area contributed by atoms with Crippen molar-refractivity contribution in [3.8, 4) is 16.3 Å². The smallest absolute Gasteiger partial charge is 0.266 e. The Labute approximate surface area is 184 Å². The number of rotatable bonds is 7. The third-order valence-corrected chi connectivity index (χ3v) is 5.89. The molecule has 6 nitrogen and oxygen atoms in total. The van der Waals surface area contributed by atoms with E-state index in [4.69, 9.17) is 16.3 Å². The van der Waals surface area contributed by atoms with E-state index in [1.807, 2.05) is 19.1 Å². The summed E-state index contributed by atoms with van der Waals surface area (Å²) in [6.07, 6.45) is 0. The minimum Gasteiger partial charge on any atom is -0.497 e. The number of anilines is 1. The van der Waals surface area contributed by atoms with Crippen molar-refractivity contribution in [2.75, 3.05) is 25.5 Å². The molecule has 156 valence electrons. The van der Waals surface area contributed by atoms with E-state index < -0.39 is 0 Å². The Morgan fingerprint density at radius 1 is 1.20 bits per heavy atom. The Hall–Kier alpha value is -2.90. The summed E-state index contributed by atoms with van der Waals surface area (Å²) in [6.45, 7) is 3.98. The molecule has 8 heteroatoms. The zero-order chi connectivity index (χ0) is 21.7. The molecular weight excluding hydrogens is 422 g/mol. The van der Waals surface area contributed by atoms with Crippen molar-refractivity contribution in [2.45, 2.75) is 13.8 Å². The van der Waals surface area contributed by atoms with Gasteiger partial charge in [-0.25, -0.2) is 4.98 Å². The zero-order valence-corrected chi connectivity index (χ0v) is 18.5. The first-order chi connectivity index (χ1) is 14.4. The Balaban J connectivity index is 1.72. The lowest BCUT2D eigenvalue weighted by Gasteiger charge is -2.20. The highest BCUT2D eigenvalue weighted by molar-refractivity contribution is 7.17. The number of hydrogen-bond donors (Lipinski definition) is 1. The number of nitrogens with zero attached hydrogens (tertiary/aromatic N) is 2. The number of carbonyl (C=O) groups is 2. The van der Waals surface area contributed by atoms with Gasteiger partial charge in [-0.15, -0.1) is 11.3 Å². The van der Waals surface area contributed by atoms with Gasteiger partial charge >= 0.3 is 0 Å². The molecule has 0 unspecified atom stereocenters. The number of thiazole rings is 1. The number of amides is 2. The maximum Gasteiger partial charge on any atom is 0.266 e. The number of ether oxygens (including phenoxy) is 1. The minimum atomic E-state index is -0.279. The van der Waals surface area contributed by atoms with Crippen LogP contribution in [0.25, 0.3) is 10.6 Å². The van der Waals surface area contributed by atoms with Crippen molar-refractivity contribution in [3.63, 3.8) is 0 Å². The second kappa shape index (κ2) is 9.73. The van der Waals surface area contributed by atoms with E-state index in [0.29, 0.717) is 33.6 Å². The average molecular weight is 444 g/mol. The van der Waals surface area contributed by atoms with Crippen molar-refractivity contribution >= 4 is 40.4 Å². The van der Waals surface area contributed by atoms with E-state index in [-0.39, 0.29) is 18.4 Å². The molecule has 0 bridgehead atoms. The number of benzene rings is 2. The quantitative estimate of drug-likeness (QED) is 0.564. The van der Waals surface area contributed by atoms with Crippen molar-refractivity contribution in [2.24, 2.45) is 0 Å². The molecule has 0 saturated carbocycles. The number of likely N-dealkylation sites (N-methyl/N-ethyl adjacent to an activating group) is 1. The van der Waals surface area contributed by atoms with E-state index >= 15 is 0 Å². The van der Waals surface area contributed by atoms with E-state index in [0.717, 1.165) is 10.6 Å². The van der Waals surface area contributed by atoms with Crippen LogP contribution in [-0.4, -0.2) is 41.9 Å². The third kappa shape index (κ3) is 5.17. The molecular formula is C22H22ClN3O3S. The fourth-order valence-electron chi connectivity index (χ4n) is 2.86. The van der Waals surface area contributed by atoms with Gasteiger partial charge in [-0.3, -0.25) is 9.59 Å². The molecule has 0 spiro atoms. The first-order valence-corrected chi connectivity index (χ1v) is 10.6. The summed E-state index contributed by atoms with van der Waals surface area (Å²) in [5, 5.41) is 4.18. The second-order valence-corrected chi connectivity index (χ2v) is 7.98. The number of hydrogen-bond acceptors (Lipinski definition) is 5. The summed E-state index contributed by atoms with van der Waals surface area (Å²) >= 11 is 7.26. The Bertz CT molecular complexity index is 1050. The molecule has 0 saturated heterocycles. The topological polar surface area (TPSA) is 71.5 Å². The number of methoxy groups -OCH3 is 1. The number of halogens is 1. The fourth-order valence-corrected chi connectivity index (χ4v) is 4.02. The SMILES string of the molecule is CCN(CC(=O)Nc1cccc(OC)c1)C(=O)c1sc(-c2ccc(Cl)cc2)nc1C. The lowest BCUT2D eigenvalue weighted by Crippen LogP contribution is -2.37. The third-order valence-electron chi connectivity index (χ3n) is 4.44. The van der Waals surface area contributed by atoms with Gasteiger partial charge in [-0.05, 0) is 38.1 Å². The van der Waals surface area contributed by atoms with Crippen LogP contribution < -0.4 is 10.1 Å². The van der Waals surface area contributed by atoms with Crippen LogP contribution in [0.1, 0.15) is 22.3 Å². The highest BCUT2D eigenvalue weighted by atomic mass is 35.5. The lowest BCUT2D eigenvalue weighted by molar-refractivity contribution is -0.116. The number of aromatic nitrogens is 1. The summed E-state index contributed by atoms with van der Waals surface area (Å²) < 4.78 is 5.16. The van der Waals surface area contributed by atoms with Crippen molar-refractivity contribution < 1.29 is 14.3 Å². The number of nitrogens with one attached hydrogen (secondary N) is 1. The summed E-state index contributed by atoms with van der Waals surface area (Å²) in [6, 6.07) is 14.4. The first kappa shape index (κ1) is 21.8. The molecule has 0 fully saturated rings. The van der Waals surface area contributed by atoms with Gasteiger partial charge in [-0.2, -0.15) is 0 Å². The molecule has 0 radical (unpaired) electrons. The molecule has 1 aromatic heterocycles. The number of carbonyl (C=O) groups excluding carboxylic acids is 2. The van der Waals surface area contributed by atoms with E-state index in [1.54, 1.807) is 50.4 Å². The number of aryl methyl sites for hydroxylation is 1. The minimum absolute atomic E-state index is 0.0554. The summed E-state index contributed by atoms with van der Waals surface area (Å²) in [5.41, 5.74) is 2.15. The molecule has 3 aromatic rings. The molecule has 0 atom stereocenters. The first-order valence-electron chi connectivity index (χ1n) is 9.37. The van der Waals surface area contributed by atoms with Gasteiger partial charge < -0.3 is 15.0 Å². The van der Waals surface area contributed by atoms with E-state index in [2.05, 4.69) is 10.3 Å². The molecule has 3 rings (SSSR count). The maximum atomic E-state index is 13.1. The predicted molar refractivity (Wildman–Crippen MR) is 120 cm³/mol. The van der Waals surface area contributed by atoms with Gasteiger partial charge in [0.1, 0.15) is 22.2 Å². The zero-order valence-electron chi connectivity index (χ0n) is 16.9. The summed E-state index contributed by atoms with van der Waals surface area (Å²) in [4.78, 5) is 32.1. The van der Waals surface area contributed by atoms with Crippen LogP contribution >= 0.6 is 22.9 Å². The molecule has 0 aliphatic carbocycles. The standard InChI is InChI=1S/C22H22ClN3O3S/c1-4-26(13-19(27)25-17-6-5-7-18(12-17)29-3)22(28)20-14(2)24-21(30-20)15-8-10-16(23)11-9-15/h5-12H,4,13H2,1-3H3,(H,25,27). The normalized spacial score (nSPS) is 10.5. The highest BCUT2D eigenvalue weighted by Gasteiger charge is 2.23. The Morgan fingerprint density at radius 2 is 1.93 bits per heavy atom. The van der Waals surface area contributed by atoms with Crippen LogP contribution in [-0.2, 0) is 4.79 Å². The monoisotopic (exact) mass is 443 g/mol. The van der Waals surface area contributed by atoms with Crippen molar-refractivity contribution in [1.29, 1.82) is 0 Å². The second-order valence-electron chi connectivity index (χ2n) is 6.54. The lowest BCUT2D eigenvalue weighted by atomic mass is 10.2. The Morgan fingerprint density at radius 3 is 2.60 bits per heavy atom. The van der Waals surface area contributed by atoms with Crippen LogP contribution in [0.15, 0.2) is 48.5 Å². The van der Waals surface area contributed by atoms with Crippen molar-refractivity contribution in [3.05, 3.63) is 64.1 Å². The van der Waals surface area contributed by atoms with Gasteiger partial charge in [0.25, 0.3) is 5.91 Å². The van der Waals surface area contributed by atoms with Crippen LogP contribution in [0.4, 0.5) is 5.69 Å². The largest absolute Gasteiger partial charge is 0.497 e. The van der Waals surface area contributed by atoms with Gasteiger partial charge in [-0.1, -0.05) is 29.8 Å². The van der Waals surface area contributed by atoms with Crippen molar-refractivity contribution in [1.82, 2.24) is 9.88 Å². The van der Waals surface area contributed by atoms with Gasteiger partial charge in [0.15, 0.2) is 0 Å². The van der Waals surface area contributed by atoms with Crippen LogP contribution in [0, 0.1) is 6.92 Å². The molecule has 2 amide bonds. The van der Waals surface area contributed by atoms with E-state index in [9.17, 15) is 9.59 Å². The van der Waals surface area contributed by atoms with Gasteiger partial charge in [0, 0.05) is 28.9 Å². The predicted octanol–water partition coefficient (Wildman–Crippen LogP) is 4.88. The highest BCUT2D eigenvalue weighted by Crippen LogP contribution is 2.29. The fraction of sp³-hybridized carbons (Fsp3) is 0.227. The summed E-state index contributed by atoms with van der Waals surface area (Å²) in [5.74, 6) is 0.151. The molecule has 2 aromatic carbocycles. The average Bonchev–Trinajstić information content (AvgIpc) is 3.13. The molecule has 30 heavy (non-hydrogen) atoms. The maximum absolute atomic E-state index is 13.1. The Kier molecular flexibility index (Phi) is 7.07. The molecule has 0 aliphatic rings. The van der Waals surface area contributed by atoms with Gasteiger partial charge in [0.2, 0.25) is 5.91 Å². The molecule has 0 aliphatic heterocycles. The van der Waals surface area contributed by atoms with E-state index in [1.165, 1.54) is 16.2 Å². The van der Waals surface area contributed by atoms with Crippen LogP contribution in [0.3, 0.4) is 0 Å². The molecule has 1 heterocycles. The molecule has 1 N–H and O–H groups in total. The van der Waals surface area contributed by atoms with Crippen LogP contribution in [0.5, 0.6) is 5.75 Å². The van der Waals surface area contributed by atoms with Crippen LogP contribution in [0.2, 0.25) is 5.02 Å². The van der Waals surface area contributed by atoms with Gasteiger partial charge in [0.05, 0.1) is 12.8 Å². The summed E-state index contributed by atoms with van der Waals surface area (Å²) in [7, 11) is 1.56.